The Morgan fingerprint density at radius 2 is 2.00 bits per heavy atom. The minimum Gasteiger partial charge on any atom is -0.504 e. The molecule has 2 aromatic carbocycles. The lowest BCUT2D eigenvalue weighted by Gasteiger charge is -2.12. The van der Waals surface area contributed by atoms with Crippen LogP contribution in [0.5, 0.6) is 11.5 Å². The number of nitrogens with one attached hydrogen (secondary N) is 1. The predicted molar refractivity (Wildman–Crippen MR) is 110 cm³/mol. The summed E-state index contributed by atoms with van der Waals surface area (Å²) in [5.41, 5.74) is 2.18. The van der Waals surface area contributed by atoms with Gasteiger partial charge in [0, 0.05) is 23.7 Å². The largest absolute Gasteiger partial charge is 0.504 e. The van der Waals surface area contributed by atoms with Crippen molar-refractivity contribution in [1.82, 2.24) is 9.88 Å². The van der Waals surface area contributed by atoms with E-state index in [1.165, 1.54) is 23.8 Å². The molecule has 1 atom stereocenters. The van der Waals surface area contributed by atoms with Gasteiger partial charge in [0.2, 0.25) is 5.91 Å². The number of carboxylic acid groups (broad SMARTS) is 1. The highest BCUT2D eigenvalue weighted by Crippen LogP contribution is 2.26. The number of hydrogen-bond acceptors (Lipinski definition) is 4. The molecule has 0 spiro atoms. The van der Waals surface area contributed by atoms with E-state index in [0.29, 0.717) is 23.3 Å². The molecule has 0 bridgehead atoms. The van der Waals surface area contributed by atoms with Gasteiger partial charge >= 0.3 is 6.09 Å². The molecule has 7 nitrogen and oxygen atoms in total. The lowest BCUT2D eigenvalue weighted by molar-refractivity contribution is -0.117. The number of phenolic OH excluding ortho intramolecular Hbond substituents is 1. The van der Waals surface area contributed by atoms with Gasteiger partial charge in [0.25, 0.3) is 0 Å². The average Bonchev–Trinajstić information content (AvgIpc) is 3.06. The van der Waals surface area contributed by atoms with E-state index >= 15 is 0 Å². The summed E-state index contributed by atoms with van der Waals surface area (Å²) in [5, 5.41) is 22.7. The number of benzene rings is 2. The van der Waals surface area contributed by atoms with Crippen LogP contribution in [-0.4, -0.2) is 39.9 Å². The Hall–Kier alpha value is -3.74. The maximum absolute atomic E-state index is 12.2. The average molecular weight is 394 g/mol. The molecule has 0 aliphatic heterocycles. The Labute approximate surface area is 167 Å². The lowest BCUT2D eigenvalue weighted by Crippen LogP contribution is -2.32. The molecule has 3 aromatic rings. The van der Waals surface area contributed by atoms with Gasteiger partial charge in [-0.15, -0.1) is 0 Å². The number of carbonyl (C=O) groups is 2. The maximum atomic E-state index is 12.2. The first-order valence-corrected chi connectivity index (χ1v) is 9.07. The Balaban J connectivity index is 1.68. The van der Waals surface area contributed by atoms with Crippen LogP contribution in [0.2, 0.25) is 0 Å². The van der Waals surface area contributed by atoms with Gasteiger partial charge in [-0.05, 0) is 48.7 Å². The number of rotatable bonds is 6. The zero-order chi connectivity index (χ0) is 21.0. The van der Waals surface area contributed by atoms with Gasteiger partial charge in [-0.2, -0.15) is 0 Å². The summed E-state index contributed by atoms with van der Waals surface area (Å²) in [6, 6.07) is 11.9. The van der Waals surface area contributed by atoms with Gasteiger partial charge in [-0.25, -0.2) is 4.79 Å². The quantitative estimate of drug-likeness (QED) is 0.554. The van der Waals surface area contributed by atoms with Gasteiger partial charge < -0.3 is 20.3 Å². The number of phenols is 1. The SMILES string of the molecule is COc1cc(C=CC(=O)N[C@H](C)Cc2cn(C(=O)O)c3ccccc23)ccc1O. The zero-order valence-corrected chi connectivity index (χ0v) is 16.1. The molecule has 0 saturated carbocycles. The highest BCUT2D eigenvalue weighted by Gasteiger charge is 2.15. The van der Waals surface area contributed by atoms with Crippen molar-refractivity contribution in [2.24, 2.45) is 0 Å². The third-order valence-corrected chi connectivity index (χ3v) is 4.55. The molecule has 0 aliphatic rings. The summed E-state index contributed by atoms with van der Waals surface area (Å²) >= 11 is 0. The molecule has 1 amide bonds. The van der Waals surface area contributed by atoms with Crippen LogP contribution in [0.4, 0.5) is 4.79 Å². The Kier molecular flexibility index (Phi) is 5.87. The molecule has 7 heteroatoms. The van der Waals surface area contributed by atoms with Gasteiger partial charge in [0.05, 0.1) is 12.6 Å². The molecule has 0 radical (unpaired) electrons. The summed E-state index contributed by atoms with van der Waals surface area (Å²) < 4.78 is 6.24. The third-order valence-electron chi connectivity index (χ3n) is 4.55. The van der Waals surface area contributed by atoms with Gasteiger partial charge in [-0.3, -0.25) is 9.36 Å². The van der Waals surface area contributed by atoms with Crippen molar-refractivity contribution in [3.8, 4) is 11.5 Å². The van der Waals surface area contributed by atoms with E-state index in [1.54, 1.807) is 36.5 Å². The number of methoxy groups -OCH3 is 1. The number of hydrogen-bond donors (Lipinski definition) is 3. The van der Waals surface area contributed by atoms with Crippen LogP contribution < -0.4 is 10.1 Å². The second kappa shape index (κ2) is 8.52. The Bertz CT molecular complexity index is 1080. The number of amides is 1. The summed E-state index contributed by atoms with van der Waals surface area (Å²) in [5.74, 6) is 0.0884. The fraction of sp³-hybridized carbons (Fsp3) is 0.182. The third kappa shape index (κ3) is 4.57. The van der Waals surface area contributed by atoms with E-state index in [4.69, 9.17) is 4.74 Å². The first kappa shape index (κ1) is 20.0. The number of aromatic nitrogens is 1. The normalized spacial score (nSPS) is 12.2. The smallest absolute Gasteiger partial charge is 0.416 e. The standard InChI is InChI=1S/C22H22N2O5/c1-14(11-16-13-24(22(27)28)18-6-4-3-5-17(16)18)23-21(26)10-8-15-7-9-19(25)20(12-15)29-2/h3-10,12-14,25H,11H2,1-2H3,(H,23,26)(H,27,28)/t14-/m1/s1. The van der Waals surface area contributed by atoms with Crippen LogP contribution in [-0.2, 0) is 11.2 Å². The molecule has 3 N–H and O–H groups in total. The molecular weight excluding hydrogens is 372 g/mol. The van der Waals surface area contributed by atoms with E-state index in [-0.39, 0.29) is 17.7 Å². The molecule has 0 unspecified atom stereocenters. The van der Waals surface area contributed by atoms with Crippen LogP contribution in [0, 0.1) is 0 Å². The number of ether oxygens (including phenoxy) is 1. The van der Waals surface area contributed by atoms with E-state index < -0.39 is 6.09 Å². The van der Waals surface area contributed by atoms with Crippen LogP contribution >= 0.6 is 0 Å². The van der Waals surface area contributed by atoms with Crippen molar-refractivity contribution in [3.05, 3.63) is 65.9 Å². The summed E-state index contributed by atoms with van der Waals surface area (Å²) in [6.07, 6.45) is 4.07. The minimum absolute atomic E-state index is 0.0308. The van der Waals surface area contributed by atoms with Crippen molar-refractivity contribution in [2.75, 3.05) is 7.11 Å². The molecule has 29 heavy (non-hydrogen) atoms. The Morgan fingerprint density at radius 1 is 1.24 bits per heavy atom. The van der Waals surface area contributed by atoms with Crippen molar-refractivity contribution in [3.63, 3.8) is 0 Å². The highest BCUT2D eigenvalue weighted by atomic mass is 16.5. The van der Waals surface area contributed by atoms with E-state index in [9.17, 15) is 19.8 Å². The van der Waals surface area contributed by atoms with E-state index in [1.807, 2.05) is 19.1 Å². The first-order valence-electron chi connectivity index (χ1n) is 9.07. The van der Waals surface area contributed by atoms with Crippen molar-refractivity contribution in [1.29, 1.82) is 0 Å². The highest BCUT2D eigenvalue weighted by molar-refractivity contribution is 5.93. The van der Waals surface area contributed by atoms with Gasteiger partial charge in [0.15, 0.2) is 11.5 Å². The fourth-order valence-corrected chi connectivity index (χ4v) is 3.21. The second-order valence-corrected chi connectivity index (χ2v) is 6.70. The number of para-hydroxylation sites is 1. The van der Waals surface area contributed by atoms with E-state index in [2.05, 4.69) is 5.32 Å². The number of fused-ring (bicyclic) bond motifs is 1. The van der Waals surface area contributed by atoms with Crippen LogP contribution in [0.15, 0.2) is 54.7 Å². The predicted octanol–water partition coefficient (Wildman–Crippen LogP) is 3.64. The fourth-order valence-electron chi connectivity index (χ4n) is 3.21. The molecule has 0 saturated heterocycles. The number of aromatic hydroxyl groups is 1. The van der Waals surface area contributed by atoms with Crippen LogP contribution in [0.3, 0.4) is 0 Å². The summed E-state index contributed by atoms with van der Waals surface area (Å²) in [4.78, 5) is 23.7. The Morgan fingerprint density at radius 3 is 2.72 bits per heavy atom. The zero-order valence-electron chi connectivity index (χ0n) is 16.1. The molecular formula is C22H22N2O5. The summed E-state index contributed by atoms with van der Waals surface area (Å²) in [6.45, 7) is 1.86. The molecule has 150 valence electrons. The lowest BCUT2D eigenvalue weighted by atomic mass is 10.1. The van der Waals surface area contributed by atoms with Crippen molar-refractivity contribution in [2.45, 2.75) is 19.4 Å². The van der Waals surface area contributed by atoms with Crippen molar-refractivity contribution >= 4 is 29.0 Å². The minimum atomic E-state index is -1.05. The second-order valence-electron chi connectivity index (χ2n) is 6.70. The summed E-state index contributed by atoms with van der Waals surface area (Å²) in [7, 11) is 1.46. The van der Waals surface area contributed by atoms with E-state index in [0.717, 1.165) is 10.9 Å². The molecule has 0 fully saturated rings. The molecule has 0 aliphatic carbocycles. The molecule has 3 rings (SSSR count). The number of nitrogens with zero attached hydrogens (tertiary/aromatic N) is 1. The topological polar surface area (TPSA) is 101 Å². The molecule has 1 heterocycles. The van der Waals surface area contributed by atoms with Crippen molar-refractivity contribution < 1.29 is 24.5 Å². The van der Waals surface area contributed by atoms with Crippen LogP contribution in [0.1, 0.15) is 18.1 Å². The monoisotopic (exact) mass is 394 g/mol. The van der Waals surface area contributed by atoms with Gasteiger partial charge in [-0.1, -0.05) is 24.3 Å². The first-order chi connectivity index (χ1) is 13.9. The number of carbonyl (C=O) groups excluding carboxylic acids is 1. The van der Waals surface area contributed by atoms with Gasteiger partial charge in [0.1, 0.15) is 0 Å². The van der Waals surface area contributed by atoms with Crippen LogP contribution in [0.25, 0.3) is 17.0 Å². The molecule has 1 aromatic heterocycles. The maximum Gasteiger partial charge on any atom is 0.416 e.